The summed E-state index contributed by atoms with van der Waals surface area (Å²) in [6.07, 6.45) is 1.36. The molecule has 1 amide bonds. The molecule has 0 aliphatic heterocycles. The third-order valence-electron chi connectivity index (χ3n) is 4.66. The number of nitrogens with zero attached hydrogens (tertiary/aromatic N) is 2. The predicted octanol–water partition coefficient (Wildman–Crippen LogP) is 4.22. The van der Waals surface area contributed by atoms with Crippen LogP contribution in [0.2, 0.25) is 0 Å². The fourth-order valence-corrected chi connectivity index (χ4v) is 4.09. The zero-order valence-electron chi connectivity index (χ0n) is 16.3. The first kappa shape index (κ1) is 19.8. The summed E-state index contributed by atoms with van der Waals surface area (Å²) >= 11 is 1.33. The molecule has 6 nitrogen and oxygen atoms in total. The lowest BCUT2D eigenvalue weighted by atomic mass is 10.1. The molecule has 4 aromatic rings. The van der Waals surface area contributed by atoms with Gasteiger partial charge in [0.05, 0.1) is 24.5 Å². The van der Waals surface area contributed by atoms with Crippen molar-refractivity contribution in [3.63, 3.8) is 0 Å². The van der Waals surface area contributed by atoms with Gasteiger partial charge in [-0.3, -0.25) is 14.2 Å². The highest BCUT2D eigenvalue weighted by atomic mass is 32.1. The number of methoxy groups -OCH3 is 1. The van der Waals surface area contributed by atoms with Gasteiger partial charge in [-0.05, 0) is 42.3 Å². The van der Waals surface area contributed by atoms with Crippen molar-refractivity contribution in [3.05, 3.63) is 75.9 Å². The van der Waals surface area contributed by atoms with Crippen molar-refractivity contribution in [2.24, 2.45) is 0 Å². The van der Waals surface area contributed by atoms with E-state index in [0.29, 0.717) is 32.8 Å². The molecule has 0 aliphatic carbocycles. The van der Waals surface area contributed by atoms with Crippen LogP contribution in [0.3, 0.4) is 0 Å². The molecule has 0 aliphatic rings. The maximum atomic E-state index is 13.3. The number of aryl methyl sites for hydroxylation is 1. The van der Waals surface area contributed by atoms with E-state index < -0.39 is 0 Å². The van der Waals surface area contributed by atoms with Crippen LogP contribution in [0.1, 0.15) is 5.56 Å². The molecule has 30 heavy (non-hydrogen) atoms. The third kappa shape index (κ3) is 3.81. The molecule has 0 bridgehead atoms. The van der Waals surface area contributed by atoms with Gasteiger partial charge in [0.15, 0.2) is 0 Å². The molecular formula is C22H18FN3O3S. The summed E-state index contributed by atoms with van der Waals surface area (Å²) in [7, 11) is 1.52. The molecule has 8 heteroatoms. The molecule has 0 spiro atoms. The molecule has 2 aromatic heterocycles. The van der Waals surface area contributed by atoms with Crippen LogP contribution in [0.4, 0.5) is 10.1 Å². The quantitative estimate of drug-likeness (QED) is 0.522. The number of fused-ring (bicyclic) bond motifs is 1. The third-order valence-corrected chi connectivity index (χ3v) is 5.55. The number of carbonyl (C=O) groups is 1. The Kier molecular flexibility index (Phi) is 5.33. The van der Waals surface area contributed by atoms with Crippen molar-refractivity contribution in [3.8, 4) is 16.9 Å². The number of benzene rings is 2. The van der Waals surface area contributed by atoms with Gasteiger partial charge in [-0.15, -0.1) is 11.3 Å². The maximum Gasteiger partial charge on any atom is 0.263 e. The molecule has 0 atom stereocenters. The lowest BCUT2D eigenvalue weighted by Crippen LogP contribution is -2.28. The summed E-state index contributed by atoms with van der Waals surface area (Å²) < 4.78 is 19.8. The van der Waals surface area contributed by atoms with Crippen LogP contribution in [0.15, 0.2) is 59.0 Å². The number of thiophene rings is 1. The second-order valence-electron chi connectivity index (χ2n) is 6.77. The second-order valence-corrected chi connectivity index (χ2v) is 7.62. The summed E-state index contributed by atoms with van der Waals surface area (Å²) in [6, 6.07) is 11.4. The number of hydrogen-bond donors (Lipinski definition) is 1. The van der Waals surface area contributed by atoms with E-state index in [1.807, 2.05) is 18.4 Å². The van der Waals surface area contributed by atoms with Crippen LogP contribution in [0.25, 0.3) is 21.3 Å². The van der Waals surface area contributed by atoms with Gasteiger partial charge in [0, 0.05) is 10.9 Å². The van der Waals surface area contributed by atoms with Gasteiger partial charge in [0.2, 0.25) is 5.91 Å². The molecule has 0 fully saturated rings. The Morgan fingerprint density at radius 3 is 2.73 bits per heavy atom. The average molecular weight is 423 g/mol. The van der Waals surface area contributed by atoms with E-state index >= 15 is 0 Å². The van der Waals surface area contributed by atoms with Crippen molar-refractivity contribution in [2.75, 3.05) is 12.4 Å². The molecule has 2 heterocycles. The standard InChI is InChI=1S/C22H18FN3O3S/c1-13-3-8-18(29-2)17(9-13)25-19(27)10-26-12-24-21-20(22(26)28)16(11-30-21)14-4-6-15(23)7-5-14/h3-9,11-12H,10H2,1-2H3,(H,25,27). The summed E-state index contributed by atoms with van der Waals surface area (Å²) in [5.74, 6) is -0.191. The van der Waals surface area contributed by atoms with Gasteiger partial charge in [-0.2, -0.15) is 0 Å². The number of halogens is 1. The van der Waals surface area contributed by atoms with Crippen molar-refractivity contribution in [1.29, 1.82) is 0 Å². The number of ether oxygens (including phenoxy) is 1. The molecule has 1 N–H and O–H groups in total. The molecule has 0 saturated heterocycles. The first-order valence-electron chi connectivity index (χ1n) is 9.13. The van der Waals surface area contributed by atoms with E-state index in [0.717, 1.165) is 5.56 Å². The maximum absolute atomic E-state index is 13.3. The Balaban J connectivity index is 1.65. The van der Waals surface area contributed by atoms with E-state index in [9.17, 15) is 14.0 Å². The minimum Gasteiger partial charge on any atom is -0.495 e. The number of carbonyl (C=O) groups excluding carboxylic acids is 1. The lowest BCUT2D eigenvalue weighted by molar-refractivity contribution is -0.116. The lowest BCUT2D eigenvalue weighted by Gasteiger charge is -2.12. The molecule has 2 aromatic carbocycles. The Labute approximate surface area is 175 Å². The highest BCUT2D eigenvalue weighted by molar-refractivity contribution is 7.17. The first-order chi connectivity index (χ1) is 14.5. The molecule has 0 saturated carbocycles. The van der Waals surface area contributed by atoms with E-state index in [4.69, 9.17) is 4.74 Å². The highest BCUT2D eigenvalue weighted by Gasteiger charge is 2.15. The molecule has 0 unspecified atom stereocenters. The monoisotopic (exact) mass is 423 g/mol. The summed E-state index contributed by atoms with van der Waals surface area (Å²) in [5, 5.41) is 5.01. The van der Waals surface area contributed by atoms with Crippen LogP contribution in [0, 0.1) is 12.7 Å². The Morgan fingerprint density at radius 1 is 1.23 bits per heavy atom. The van der Waals surface area contributed by atoms with Crippen LogP contribution < -0.4 is 15.6 Å². The molecular weight excluding hydrogens is 405 g/mol. The molecule has 4 rings (SSSR count). The summed E-state index contributed by atoms with van der Waals surface area (Å²) in [4.78, 5) is 30.5. The molecule has 0 radical (unpaired) electrons. The second kappa shape index (κ2) is 8.08. The van der Waals surface area contributed by atoms with Crippen molar-refractivity contribution < 1.29 is 13.9 Å². The van der Waals surface area contributed by atoms with E-state index in [1.54, 1.807) is 24.3 Å². The minimum absolute atomic E-state index is 0.197. The van der Waals surface area contributed by atoms with Gasteiger partial charge in [0.25, 0.3) is 5.56 Å². The van der Waals surface area contributed by atoms with Crippen LogP contribution >= 0.6 is 11.3 Å². The minimum atomic E-state index is -0.374. The fourth-order valence-electron chi connectivity index (χ4n) is 3.19. The Bertz CT molecular complexity index is 1300. The number of aromatic nitrogens is 2. The van der Waals surface area contributed by atoms with E-state index in [2.05, 4.69) is 10.3 Å². The number of nitrogens with one attached hydrogen (secondary N) is 1. The fraction of sp³-hybridized carbons (Fsp3) is 0.136. The largest absolute Gasteiger partial charge is 0.495 e. The van der Waals surface area contributed by atoms with Crippen LogP contribution in [0.5, 0.6) is 5.75 Å². The first-order valence-corrected chi connectivity index (χ1v) is 10.0. The number of rotatable bonds is 5. The van der Waals surface area contributed by atoms with E-state index in [1.165, 1.54) is 41.5 Å². The number of anilines is 1. The average Bonchev–Trinajstić information content (AvgIpc) is 3.16. The summed E-state index contributed by atoms with van der Waals surface area (Å²) in [6.45, 7) is 1.71. The number of hydrogen-bond acceptors (Lipinski definition) is 5. The van der Waals surface area contributed by atoms with Crippen molar-refractivity contribution >= 4 is 33.1 Å². The Morgan fingerprint density at radius 2 is 2.00 bits per heavy atom. The zero-order valence-corrected chi connectivity index (χ0v) is 17.1. The smallest absolute Gasteiger partial charge is 0.263 e. The molecule has 152 valence electrons. The van der Waals surface area contributed by atoms with Crippen molar-refractivity contribution in [2.45, 2.75) is 13.5 Å². The highest BCUT2D eigenvalue weighted by Crippen LogP contribution is 2.30. The van der Waals surface area contributed by atoms with Gasteiger partial charge in [-0.25, -0.2) is 9.37 Å². The van der Waals surface area contributed by atoms with Crippen LogP contribution in [-0.2, 0) is 11.3 Å². The SMILES string of the molecule is COc1ccc(C)cc1NC(=O)Cn1cnc2scc(-c3ccc(F)cc3)c2c1=O. The van der Waals surface area contributed by atoms with E-state index in [-0.39, 0.29) is 23.8 Å². The van der Waals surface area contributed by atoms with Crippen LogP contribution in [-0.4, -0.2) is 22.6 Å². The summed E-state index contributed by atoms with van der Waals surface area (Å²) in [5.41, 5.74) is 2.56. The van der Waals surface area contributed by atoms with Crippen molar-refractivity contribution in [1.82, 2.24) is 9.55 Å². The zero-order chi connectivity index (χ0) is 21.3. The topological polar surface area (TPSA) is 73.2 Å². The van der Waals surface area contributed by atoms with Gasteiger partial charge in [-0.1, -0.05) is 18.2 Å². The van der Waals surface area contributed by atoms with Gasteiger partial charge >= 0.3 is 0 Å². The Hall–Kier alpha value is -3.52. The van der Waals surface area contributed by atoms with Gasteiger partial charge < -0.3 is 10.1 Å². The van der Waals surface area contributed by atoms with Gasteiger partial charge in [0.1, 0.15) is 22.9 Å². The predicted molar refractivity (Wildman–Crippen MR) is 116 cm³/mol. The normalized spacial score (nSPS) is 10.9. The number of amides is 1.